The molecule has 0 radical (unpaired) electrons. The molecular formula is C25H24ClF3N6O6. The molecule has 2 aliphatic heterocycles. The third kappa shape index (κ3) is 6.30. The maximum atomic E-state index is 13.2. The Balaban J connectivity index is 1.39. The summed E-state index contributed by atoms with van der Waals surface area (Å²) in [5.41, 5.74) is -1.33. The largest absolute Gasteiger partial charge is 0.493 e. The Morgan fingerprint density at radius 2 is 2.02 bits per heavy atom. The highest BCUT2D eigenvalue weighted by Gasteiger charge is 2.38. The van der Waals surface area contributed by atoms with Crippen LogP contribution in [0.3, 0.4) is 0 Å². The number of alkyl halides is 3. The third-order valence-electron chi connectivity index (χ3n) is 6.65. The Hall–Kier alpha value is -4.11. The van der Waals surface area contributed by atoms with Crippen molar-refractivity contribution in [3.8, 4) is 11.5 Å². The fourth-order valence-electron chi connectivity index (χ4n) is 4.54. The number of ether oxygens (including phenoxy) is 3. The number of methoxy groups -OCH3 is 1. The van der Waals surface area contributed by atoms with E-state index in [9.17, 15) is 27.6 Å². The lowest BCUT2D eigenvalue weighted by Gasteiger charge is -2.20. The van der Waals surface area contributed by atoms with Crippen LogP contribution < -0.4 is 20.3 Å². The predicted molar refractivity (Wildman–Crippen MR) is 136 cm³/mol. The summed E-state index contributed by atoms with van der Waals surface area (Å²) in [5, 5.41) is 10.3. The maximum absolute atomic E-state index is 13.2. The molecule has 1 saturated heterocycles. The van der Waals surface area contributed by atoms with E-state index in [1.165, 1.54) is 18.1 Å². The van der Waals surface area contributed by atoms with Crippen molar-refractivity contribution >= 4 is 23.4 Å². The first-order chi connectivity index (χ1) is 19.5. The Kier molecular flexibility index (Phi) is 7.91. The number of amides is 2. The molecule has 1 fully saturated rings. The normalized spacial score (nSPS) is 19.4. The first kappa shape index (κ1) is 28.4. The summed E-state index contributed by atoms with van der Waals surface area (Å²) in [6, 6.07) is 4.49. The number of nitrogens with zero attached hydrogens (tertiary/aromatic N) is 5. The Labute approximate surface area is 235 Å². The number of aromatic nitrogens is 4. The van der Waals surface area contributed by atoms with Gasteiger partial charge in [-0.05, 0) is 24.3 Å². The van der Waals surface area contributed by atoms with Crippen LogP contribution in [-0.4, -0.2) is 75.2 Å². The van der Waals surface area contributed by atoms with Gasteiger partial charge in [-0.2, -0.15) is 13.2 Å². The molecule has 16 heteroatoms. The van der Waals surface area contributed by atoms with Gasteiger partial charge in [0.05, 0.1) is 44.2 Å². The Morgan fingerprint density at radius 1 is 1.22 bits per heavy atom. The lowest BCUT2D eigenvalue weighted by atomic mass is 10.1. The number of carbonyl (C=O) groups excluding carboxylic acids is 2. The van der Waals surface area contributed by atoms with Crippen LogP contribution in [0.2, 0.25) is 5.02 Å². The first-order valence-electron chi connectivity index (χ1n) is 12.4. The van der Waals surface area contributed by atoms with E-state index >= 15 is 0 Å². The highest BCUT2D eigenvalue weighted by molar-refractivity contribution is 6.30. The average molecular weight is 597 g/mol. The number of hydrogen-bond acceptors (Lipinski definition) is 8. The van der Waals surface area contributed by atoms with Gasteiger partial charge in [-0.25, -0.2) is 4.68 Å². The summed E-state index contributed by atoms with van der Waals surface area (Å²) >= 11 is 5.72. The average Bonchev–Trinajstić information content (AvgIpc) is 3.55. The molecular weight excluding hydrogens is 573 g/mol. The molecule has 4 heterocycles. The van der Waals surface area contributed by atoms with Gasteiger partial charge >= 0.3 is 6.18 Å². The number of fused-ring (bicyclic) bond motifs is 5. The number of nitrogens with one attached hydrogen (secondary N) is 1. The molecule has 0 unspecified atom stereocenters. The number of benzene rings is 1. The van der Waals surface area contributed by atoms with E-state index in [0.717, 1.165) is 0 Å². The highest BCUT2D eigenvalue weighted by Crippen LogP contribution is 2.30. The number of likely N-dealkylation sites (tertiary alicyclic amines) is 1. The zero-order chi connectivity index (χ0) is 29.3. The second-order valence-electron chi connectivity index (χ2n) is 9.42. The second kappa shape index (κ2) is 11.4. The van der Waals surface area contributed by atoms with Crippen molar-refractivity contribution in [2.45, 2.75) is 38.0 Å². The zero-order valence-electron chi connectivity index (χ0n) is 21.6. The lowest BCUT2D eigenvalue weighted by molar-refractivity contribution is -0.138. The number of carbonyl (C=O) groups is 2. The highest BCUT2D eigenvalue weighted by atomic mass is 35.5. The van der Waals surface area contributed by atoms with E-state index in [4.69, 9.17) is 25.8 Å². The molecule has 218 valence electrons. The molecule has 12 nitrogen and oxygen atoms in total. The molecule has 5 rings (SSSR count). The number of pyridine rings is 1. The lowest BCUT2D eigenvalue weighted by Crippen LogP contribution is -2.44. The van der Waals surface area contributed by atoms with Crippen molar-refractivity contribution in [3.05, 3.63) is 68.9 Å². The summed E-state index contributed by atoms with van der Waals surface area (Å²) in [6.45, 7) is -0.111. The molecule has 41 heavy (non-hydrogen) atoms. The van der Waals surface area contributed by atoms with Crippen LogP contribution in [0.25, 0.3) is 0 Å². The van der Waals surface area contributed by atoms with Crippen molar-refractivity contribution in [3.63, 3.8) is 0 Å². The van der Waals surface area contributed by atoms with E-state index in [-0.39, 0.29) is 31.9 Å². The number of rotatable bonds is 3. The van der Waals surface area contributed by atoms with Crippen molar-refractivity contribution in [2.24, 2.45) is 0 Å². The monoisotopic (exact) mass is 596 g/mol. The van der Waals surface area contributed by atoms with Crippen LogP contribution in [-0.2, 0) is 35.4 Å². The van der Waals surface area contributed by atoms with Crippen LogP contribution in [0, 0.1) is 0 Å². The summed E-state index contributed by atoms with van der Waals surface area (Å²) in [6.07, 6.45) is -3.24. The van der Waals surface area contributed by atoms with Crippen molar-refractivity contribution < 1.29 is 37.0 Å². The van der Waals surface area contributed by atoms with Crippen molar-refractivity contribution in [2.75, 3.05) is 26.8 Å². The van der Waals surface area contributed by atoms with Crippen LogP contribution >= 0.6 is 11.6 Å². The predicted octanol–water partition coefficient (Wildman–Crippen LogP) is 1.74. The molecule has 3 aromatic rings. The second-order valence-corrected chi connectivity index (χ2v) is 9.83. The minimum Gasteiger partial charge on any atom is -0.493 e. The van der Waals surface area contributed by atoms with Gasteiger partial charge in [0.25, 0.3) is 11.5 Å². The molecule has 2 atom stereocenters. The fraction of sp³-hybridized carbons (Fsp3) is 0.400. The molecule has 2 amide bonds. The first-order valence-corrected chi connectivity index (χ1v) is 12.8. The minimum absolute atomic E-state index is 0.00364. The maximum Gasteiger partial charge on any atom is 0.417 e. The van der Waals surface area contributed by atoms with Gasteiger partial charge < -0.3 is 29.0 Å². The summed E-state index contributed by atoms with van der Waals surface area (Å²) in [7, 11) is 1.47. The van der Waals surface area contributed by atoms with Gasteiger partial charge in [-0.1, -0.05) is 16.8 Å². The van der Waals surface area contributed by atoms with Gasteiger partial charge in [-0.15, -0.1) is 5.10 Å². The molecule has 2 aromatic heterocycles. The van der Waals surface area contributed by atoms with E-state index in [1.807, 2.05) is 0 Å². The van der Waals surface area contributed by atoms with E-state index < -0.39 is 52.8 Å². The van der Waals surface area contributed by atoms with Crippen LogP contribution in [0.5, 0.6) is 11.5 Å². The molecule has 2 aliphatic rings. The van der Waals surface area contributed by atoms with Crippen LogP contribution in [0.15, 0.2) is 41.5 Å². The molecule has 0 spiro atoms. The topological polar surface area (TPSA) is 130 Å². The van der Waals surface area contributed by atoms with Crippen LogP contribution in [0.1, 0.15) is 21.6 Å². The molecule has 0 aliphatic carbocycles. The molecule has 0 saturated carbocycles. The smallest absolute Gasteiger partial charge is 0.417 e. The van der Waals surface area contributed by atoms with Crippen molar-refractivity contribution in [1.29, 1.82) is 0 Å². The third-order valence-corrected chi connectivity index (χ3v) is 6.92. The van der Waals surface area contributed by atoms with Gasteiger partial charge in [-0.3, -0.25) is 14.4 Å². The summed E-state index contributed by atoms with van der Waals surface area (Å²) in [5.74, 6) is -0.357. The van der Waals surface area contributed by atoms with E-state index in [1.54, 1.807) is 23.0 Å². The molecule has 1 aromatic carbocycles. The Morgan fingerprint density at radius 3 is 2.78 bits per heavy atom. The minimum atomic E-state index is -4.77. The number of halogens is 4. The van der Waals surface area contributed by atoms with Crippen LogP contribution in [0.4, 0.5) is 13.2 Å². The van der Waals surface area contributed by atoms with Gasteiger partial charge in [0.15, 0.2) is 11.5 Å². The quantitative estimate of drug-likeness (QED) is 0.484. The Bertz CT molecular complexity index is 1530. The van der Waals surface area contributed by atoms with E-state index in [0.29, 0.717) is 40.6 Å². The SMILES string of the molecule is COc1ccc2cc1OCCn1cc(nn1)CO[C@H]1CN(C(=O)Cn3cc(C(F)(F)F)cc(Cl)c3=O)C[C@@H]1NC2=O. The summed E-state index contributed by atoms with van der Waals surface area (Å²) < 4.78 is 59.1. The fourth-order valence-corrected chi connectivity index (χ4v) is 4.77. The van der Waals surface area contributed by atoms with E-state index in [2.05, 4.69) is 15.6 Å². The van der Waals surface area contributed by atoms with Gasteiger partial charge in [0, 0.05) is 24.8 Å². The van der Waals surface area contributed by atoms with Gasteiger partial charge in [0.1, 0.15) is 23.9 Å². The summed E-state index contributed by atoms with van der Waals surface area (Å²) in [4.78, 5) is 40.0. The molecule has 1 N–H and O–H groups in total. The number of hydrogen-bond donors (Lipinski definition) is 1. The zero-order valence-corrected chi connectivity index (χ0v) is 22.3. The van der Waals surface area contributed by atoms with Gasteiger partial charge in [0.2, 0.25) is 5.91 Å². The standard InChI is InChI=1S/C25H24ClF3N6O6/c1-39-19-3-2-14-6-20(19)40-5-4-35-9-16(31-32-35)13-41-21-11-33(10-18(21)30-23(14)37)22(36)12-34-8-15(25(27,28)29)7-17(26)24(34)38/h2-3,6-9,18,21H,4-5,10-13H2,1H3,(H,30,37)/t18-,21-/m0/s1. The molecule has 4 bridgehead atoms. The van der Waals surface area contributed by atoms with Crippen molar-refractivity contribution in [1.82, 2.24) is 29.8 Å².